The molecule has 0 radical (unpaired) electrons. The Morgan fingerprint density at radius 3 is 2.40 bits per heavy atom. The lowest BCUT2D eigenvalue weighted by Gasteiger charge is -2.21. The Kier molecular flexibility index (Phi) is 7.46. The van der Waals surface area contributed by atoms with E-state index in [-0.39, 0.29) is 17.5 Å². The van der Waals surface area contributed by atoms with Crippen molar-refractivity contribution in [1.82, 2.24) is 14.8 Å². The fourth-order valence-electron chi connectivity index (χ4n) is 3.19. The van der Waals surface area contributed by atoms with Crippen molar-refractivity contribution in [3.63, 3.8) is 0 Å². The average molecular weight is 428 g/mol. The molecule has 1 aromatic heterocycles. The van der Waals surface area contributed by atoms with Crippen molar-refractivity contribution < 1.29 is 9.18 Å². The lowest BCUT2D eigenvalue weighted by molar-refractivity contribution is -0.113. The van der Waals surface area contributed by atoms with Crippen molar-refractivity contribution >= 4 is 29.0 Å². The van der Waals surface area contributed by atoms with Gasteiger partial charge in [0.05, 0.1) is 11.3 Å². The summed E-state index contributed by atoms with van der Waals surface area (Å²) in [5.41, 5.74) is 2.28. The van der Waals surface area contributed by atoms with Gasteiger partial charge >= 0.3 is 0 Å². The van der Waals surface area contributed by atoms with E-state index in [1.807, 2.05) is 35.8 Å². The normalized spacial score (nSPS) is 10.8. The van der Waals surface area contributed by atoms with Crippen LogP contribution < -0.4 is 10.2 Å². The van der Waals surface area contributed by atoms with E-state index in [1.54, 1.807) is 18.2 Å². The number of thioether (sulfide) groups is 1. The summed E-state index contributed by atoms with van der Waals surface area (Å²) in [5.74, 6) is 0.175. The number of nitrogens with one attached hydrogen (secondary N) is 1. The smallest absolute Gasteiger partial charge is 0.234 e. The number of rotatable bonds is 9. The summed E-state index contributed by atoms with van der Waals surface area (Å²) in [6, 6.07) is 14.3. The predicted molar refractivity (Wildman–Crippen MR) is 120 cm³/mol. The van der Waals surface area contributed by atoms with Crippen molar-refractivity contribution in [3.8, 4) is 11.4 Å². The summed E-state index contributed by atoms with van der Waals surface area (Å²) >= 11 is 1.28. The number of hydrogen-bond donors (Lipinski definition) is 1. The van der Waals surface area contributed by atoms with Crippen LogP contribution in [0.2, 0.25) is 0 Å². The number of anilines is 2. The Morgan fingerprint density at radius 1 is 1.07 bits per heavy atom. The molecule has 158 valence electrons. The van der Waals surface area contributed by atoms with Gasteiger partial charge in [0.2, 0.25) is 5.91 Å². The second-order valence-electron chi connectivity index (χ2n) is 6.59. The summed E-state index contributed by atoms with van der Waals surface area (Å²) in [5, 5.41) is 11.8. The zero-order valence-electron chi connectivity index (χ0n) is 17.4. The molecule has 0 aliphatic carbocycles. The van der Waals surface area contributed by atoms with E-state index in [4.69, 9.17) is 0 Å². The van der Waals surface area contributed by atoms with Crippen LogP contribution in [0.4, 0.5) is 15.8 Å². The van der Waals surface area contributed by atoms with Crippen LogP contribution >= 0.6 is 11.8 Å². The lowest BCUT2D eigenvalue weighted by atomic mass is 10.2. The molecule has 0 aliphatic heterocycles. The molecule has 30 heavy (non-hydrogen) atoms. The minimum absolute atomic E-state index is 0.131. The number of halogens is 1. The Hall–Kier alpha value is -2.87. The molecule has 3 aromatic rings. The van der Waals surface area contributed by atoms with E-state index < -0.39 is 0 Å². The Morgan fingerprint density at radius 2 is 1.77 bits per heavy atom. The van der Waals surface area contributed by atoms with Crippen LogP contribution in [0.1, 0.15) is 20.8 Å². The summed E-state index contributed by atoms with van der Waals surface area (Å²) in [6.07, 6.45) is 0. The molecule has 0 atom stereocenters. The second kappa shape index (κ2) is 10.2. The van der Waals surface area contributed by atoms with Crippen molar-refractivity contribution in [2.75, 3.05) is 29.1 Å². The summed E-state index contributed by atoms with van der Waals surface area (Å²) in [6.45, 7) is 8.62. The third kappa shape index (κ3) is 4.99. The topological polar surface area (TPSA) is 63.1 Å². The third-order valence-corrected chi connectivity index (χ3v) is 5.73. The molecule has 8 heteroatoms. The molecule has 0 saturated carbocycles. The van der Waals surface area contributed by atoms with Gasteiger partial charge in [-0.05, 0) is 57.2 Å². The van der Waals surface area contributed by atoms with E-state index in [0.717, 1.165) is 24.5 Å². The van der Waals surface area contributed by atoms with Gasteiger partial charge in [-0.3, -0.25) is 4.79 Å². The molecular formula is C22H26FN5OS. The maximum atomic E-state index is 14.1. The molecule has 1 heterocycles. The Bertz CT molecular complexity index is 985. The van der Waals surface area contributed by atoms with Crippen LogP contribution in [0.5, 0.6) is 0 Å². The van der Waals surface area contributed by atoms with E-state index in [2.05, 4.69) is 34.3 Å². The van der Waals surface area contributed by atoms with Gasteiger partial charge in [0.25, 0.3) is 0 Å². The highest BCUT2D eigenvalue weighted by atomic mass is 32.2. The minimum atomic E-state index is -0.345. The van der Waals surface area contributed by atoms with E-state index >= 15 is 0 Å². The molecule has 1 N–H and O–H groups in total. The molecule has 0 saturated heterocycles. The van der Waals surface area contributed by atoms with Crippen LogP contribution in [0.3, 0.4) is 0 Å². The summed E-state index contributed by atoms with van der Waals surface area (Å²) < 4.78 is 15.9. The highest BCUT2D eigenvalue weighted by Crippen LogP contribution is 2.26. The molecule has 0 unspecified atom stereocenters. The first-order valence-corrected chi connectivity index (χ1v) is 11.0. The number of nitrogens with zero attached hydrogens (tertiary/aromatic N) is 4. The van der Waals surface area contributed by atoms with Crippen LogP contribution in [-0.2, 0) is 11.3 Å². The van der Waals surface area contributed by atoms with Gasteiger partial charge in [-0.15, -0.1) is 10.2 Å². The Labute approximate surface area is 180 Å². The number of amides is 1. The minimum Gasteiger partial charge on any atom is -0.372 e. The standard InChI is InChI=1S/C22H26FN5OS/c1-4-27(5-2)17-13-11-16(12-14-17)24-20(29)15-30-22-26-25-21(28(22)6-3)18-9-7-8-10-19(18)23/h7-14H,4-6,15H2,1-3H3,(H,24,29). The van der Waals surface area contributed by atoms with E-state index in [9.17, 15) is 9.18 Å². The molecule has 0 aliphatic rings. The van der Waals surface area contributed by atoms with Crippen molar-refractivity contribution in [2.24, 2.45) is 0 Å². The number of carbonyl (C=O) groups is 1. The van der Waals surface area contributed by atoms with Gasteiger partial charge in [0, 0.05) is 31.0 Å². The molecule has 3 rings (SSSR count). The molecule has 6 nitrogen and oxygen atoms in total. The first kappa shape index (κ1) is 21.8. The van der Waals surface area contributed by atoms with Gasteiger partial charge in [0.15, 0.2) is 11.0 Å². The van der Waals surface area contributed by atoms with Crippen molar-refractivity contribution in [1.29, 1.82) is 0 Å². The van der Waals surface area contributed by atoms with Gasteiger partial charge < -0.3 is 14.8 Å². The molecular weight excluding hydrogens is 401 g/mol. The SMILES string of the molecule is CCN(CC)c1ccc(NC(=O)CSc2nnc(-c3ccccc3F)n2CC)cc1. The zero-order chi connectivity index (χ0) is 21.5. The number of hydrogen-bond acceptors (Lipinski definition) is 5. The maximum Gasteiger partial charge on any atom is 0.234 e. The van der Waals surface area contributed by atoms with Gasteiger partial charge in [-0.25, -0.2) is 4.39 Å². The summed E-state index contributed by atoms with van der Waals surface area (Å²) in [7, 11) is 0. The first-order chi connectivity index (χ1) is 14.6. The molecule has 1 amide bonds. The van der Waals surface area contributed by atoms with E-state index in [0.29, 0.717) is 23.1 Å². The number of carbonyl (C=O) groups excluding carboxylic acids is 1. The second-order valence-corrected chi connectivity index (χ2v) is 7.53. The quantitative estimate of drug-likeness (QED) is 0.502. The first-order valence-electron chi connectivity index (χ1n) is 10.0. The van der Waals surface area contributed by atoms with Crippen LogP contribution in [0.15, 0.2) is 53.7 Å². The van der Waals surface area contributed by atoms with Crippen LogP contribution in [-0.4, -0.2) is 39.5 Å². The average Bonchev–Trinajstić information content (AvgIpc) is 3.17. The monoisotopic (exact) mass is 427 g/mol. The van der Waals surface area contributed by atoms with Crippen LogP contribution in [0.25, 0.3) is 11.4 Å². The molecule has 0 spiro atoms. The van der Waals surface area contributed by atoms with Gasteiger partial charge in [-0.2, -0.15) is 0 Å². The molecule has 0 bridgehead atoms. The number of benzene rings is 2. The largest absolute Gasteiger partial charge is 0.372 e. The van der Waals surface area contributed by atoms with Crippen LogP contribution in [0, 0.1) is 5.82 Å². The lowest BCUT2D eigenvalue weighted by Crippen LogP contribution is -2.21. The van der Waals surface area contributed by atoms with Crippen molar-refractivity contribution in [3.05, 3.63) is 54.3 Å². The van der Waals surface area contributed by atoms with Crippen molar-refractivity contribution in [2.45, 2.75) is 32.5 Å². The zero-order valence-corrected chi connectivity index (χ0v) is 18.2. The van der Waals surface area contributed by atoms with Gasteiger partial charge in [-0.1, -0.05) is 23.9 Å². The predicted octanol–water partition coefficient (Wildman–Crippen LogP) is 4.68. The van der Waals surface area contributed by atoms with Gasteiger partial charge in [0.1, 0.15) is 5.82 Å². The fourth-order valence-corrected chi connectivity index (χ4v) is 4.00. The maximum absolute atomic E-state index is 14.1. The molecule has 2 aromatic carbocycles. The fraction of sp³-hybridized carbons (Fsp3) is 0.318. The number of aromatic nitrogens is 3. The highest BCUT2D eigenvalue weighted by molar-refractivity contribution is 7.99. The van der Waals surface area contributed by atoms with E-state index in [1.165, 1.54) is 17.8 Å². The highest BCUT2D eigenvalue weighted by Gasteiger charge is 2.17. The molecule has 0 fully saturated rings. The summed E-state index contributed by atoms with van der Waals surface area (Å²) in [4.78, 5) is 14.6. The Balaban J connectivity index is 1.63. The third-order valence-electron chi connectivity index (χ3n) is 4.76.